The minimum Gasteiger partial charge on any atom is -0.321 e. The van der Waals surface area contributed by atoms with Gasteiger partial charge in [-0.2, -0.15) is 10.2 Å². The SMILES string of the molecule is Cc1ccsc1C(=O)Nc1ccc(N=Nc2ccccc2)cc1. The van der Waals surface area contributed by atoms with Crippen molar-refractivity contribution in [1.29, 1.82) is 0 Å². The van der Waals surface area contributed by atoms with Gasteiger partial charge in [0.1, 0.15) is 0 Å². The first-order valence-electron chi connectivity index (χ1n) is 7.15. The summed E-state index contributed by atoms with van der Waals surface area (Å²) in [6.45, 7) is 1.93. The highest BCUT2D eigenvalue weighted by atomic mass is 32.1. The molecule has 5 heteroatoms. The van der Waals surface area contributed by atoms with Crippen LogP contribution < -0.4 is 5.32 Å². The van der Waals surface area contributed by atoms with Crippen LogP contribution in [0.1, 0.15) is 15.2 Å². The molecule has 0 saturated carbocycles. The summed E-state index contributed by atoms with van der Waals surface area (Å²) in [5.41, 5.74) is 3.26. The highest BCUT2D eigenvalue weighted by molar-refractivity contribution is 7.12. The maximum Gasteiger partial charge on any atom is 0.265 e. The number of benzene rings is 2. The molecule has 1 aromatic heterocycles. The lowest BCUT2D eigenvalue weighted by atomic mass is 10.2. The Morgan fingerprint density at radius 1 is 0.913 bits per heavy atom. The van der Waals surface area contributed by atoms with Gasteiger partial charge in [-0.05, 0) is 60.3 Å². The number of amides is 1. The Labute approximate surface area is 138 Å². The number of nitrogens with zero attached hydrogens (tertiary/aromatic N) is 2. The van der Waals surface area contributed by atoms with Crippen LogP contribution in [0.25, 0.3) is 0 Å². The number of azo groups is 1. The first kappa shape index (κ1) is 15.1. The average molecular weight is 321 g/mol. The lowest BCUT2D eigenvalue weighted by molar-refractivity contribution is 0.103. The van der Waals surface area contributed by atoms with E-state index in [4.69, 9.17) is 0 Å². The standard InChI is InChI=1S/C18H15N3OS/c1-13-11-12-23-17(13)18(22)19-14-7-9-16(10-8-14)21-20-15-5-3-2-4-6-15/h2-12H,1H3,(H,19,22). The fourth-order valence-corrected chi connectivity index (χ4v) is 2.84. The molecule has 0 fully saturated rings. The Bertz CT molecular complexity index is 823. The van der Waals surface area contributed by atoms with Crippen molar-refractivity contribution in [3.63, 3.8) is 0 Å². The summed E-state index contributed by atoms with van der Waals surface area (Å²) in [6, 6.07) is 18.8. The number of rotatable bonds is 4. The van der Waals surface area contributed by atoms with Crippen molar-refractivity contribution in [2.45, 2.75) is 6.92 Å². The molecule has 0 aliphatic heterocycles. The predicted octanol–water partition coefficient (Wildman–Crippen LogP) is 5.72. The number of hydrogen-bond donors (Lipinski definition) is 1. The van der Waals surface area contributed by atoms with Crippen LogP contribution in [0.15, 0.2) is 76.3 Å². The second-order valence-electron chi connectivity index (χ2n) is 4.97. The molecule has 0 radical (unpaired) electrons. The van der Waals surface area contributed by atoms with Gasteiger partial charge in [0.15, 0.2) is 0 Å². The first-order valence-corrected chi connectivity index (χ1v) is 8.02. The monoisotopic (exact) mass is 321 g/mol. The molecule has 114 valence electrons. The first-order chi connectivity index (χ1) is 11.2. The Balaban J connectivity index is 1.67. The molecule has 3 rings (SSSR count). The summed E-state index contributed by atoms with van der Waals surface area (Å²) in [5, 5.41) is 13.1. The molecular weight excluding hydrogens is 306 g/mol. The number of anilines is 1. The Kier molecular flexibility index (Phi) is 4.59. The van der Waals surface area contributed by atoms with E-state index >= 15 is 0 Å². The minimum atomic E-state index is -0.0869. The van der Waals surface area contributed by atoms with Crippen LogP contribution in [-0.4, -0.2) is 5.91 Å². The van der Waals surface area contributed by atoms with Gasteiger partial charge in [-0.15, -0.1) is 11.3 Å². The number of carbonyl (C=O) groups excluding carboxylic acids is 1. The van der Waals surface area contributed by atoms with Crippen molar-refractivity contribution < 1.29 is 4.79 Å². The zero-order chi connectivity index (χ0) is 16.1. The van der Waals surface area contributed by atoms with Crippen molar-refractivity contribution in [2.75, 3.05) is 5.32 Å². The number of aryl methyl sites for hydroxylation is 1. The van der Waals surface area contributed by atoms with Crippen LogP contribution in [0.2, 0.25) is 0 Å². The number of carbonyl (C=O) groups is 1. The summed E-state index contributed by atoms with van der Waals surface area (Å²) in [7, 11) is 0. The van der Waals surface area contributed by atoms with Crippen molar-refractivity contribution in [1.82, 2.24) is 0 Å². The predicted molar refractivity (Wildman–Crippen MR) is 94.1 cm³/mol. The van der Waals surface area contributed by atoms with Gasteiger partial charge in [-0.3, -0.25) is 4.79 Å². The van der Waals surface area contributed by atoms with Crippen molar-refractivity contribution in [2.24, 2.45) is 10.2 Å². The quantitative estimate of drug-likeness (QED) is 0.613. The third-order valence-electron chi connectivity index (χ3n) is 3.23. The second-order valence-corrected chi connectivity index (χ2v) is 5.89. The van der Waals surface area contributed by atoms with Gasteiger partial charge < -0.3 is 5.32 Å². The zero-order valence-electron chi connectivity index (χ0n) is 12.6. The summed E-state index contributed by atoms with van der Waals surface area (Å²) < 4.78 is 0. The molecule has 4 nitrogen and oxygen atoms in total. The molecule has 0 aliphatic rings. The van der Waals surface area contributed by atoms with E-state index in [9.17, 15) is 4.79 Å². The van der Waals surface area contributed by atoms with Crippen LogP contribution >= 0.6 is 11.3 Å². The summed E-state index contributed by atoms with van der Waals surface area (Å²) in [4.78, 5) is 12.9. The molecule has 0 atom stereocenters. The van der Waals surface area contributed by atoms with E-state index in [1.807, 2.05) is 73.0 Å². The maximum absolute atomic E-state index is 12.1. The highest BCUT2D eigenvalue weighted by Crippen LogP contribution is 2.22. The molecular formula is C18H15N3OS. The molecule has 0 saturated heterocycles. The topological polar surface area (TPSA) is 53.8 Å². The van der Waals surface area contributed by atoms with E-state index in [1.54, 1.807) is 0 Å². The molecule has 1 heterocycles. The van der Waals surface area contributed by atoms with Crippen LogP contribution in [0, 0.1) is 6.92 Å². The number of nitrogens with one attached hydrogen (secondary N) is 1. The normalized spacial score (nSPS) is 10.8. The molecule has 23 heavy (non-hydrogen) atoms. The Morgan fingerprint density at radius 2 is 1.57 bits per heavy atom. The maximum atomic E-state index is 12.1. The smallest absolute Gasteiger partial charge is 0.265 e. The average Bonchev–Trinajstić information content (AvgIpc) is 3.01. The molecule has 3 aromatic rings. The largest absolute Gasteiger partial charge is 0.321 e. The van der Waals surface area contributed by atoms with E-state index in [-0.39, 0.29) is 5.91 Å². The fourth-order valence-electron chi connectivity index (χ4n) is 2.01. The van der Waals surface area contributed by atoms with Gasteiger partial charge in [0, 0.05) is 5.69 Å². The van der Waals surface area contributed by atoms with E-state index < -0.39 is 0 Å². The van der Waals surface area contributed by atoms with Gasteiger partial charge in [0.25, 0.3) is 5.91 Å². The molecule has 1 N–H and O–H groups in total. The van der Waals surface area contributed by atoms with Gasteiger partial charge in [0.2, 0.25) is 0 Å². The van der Waals surface area contributed by atoms with Crippen molar-refractivity contribution >= 4 is 34.3 Å². The Hall–Kier alpha value is -2.79. The highest BCUT2D eigenvalue weighted by Gasteiger charge is 2.10. The minimum absolute atomic E-state index is 0.0869. The summed E-state index contributed by atoms with van der Waals surface area (Å²) in [6.07, 6.45) is 0. The van der Waals surface area contributed by atoms with E-state index in [0.29, 0.717) is 0 Å². The number of hydrogen-bond acceptors (Lipinski definition) is 4. The third-order valence-corrected chi connectivity index (χ3v) is 4.25. The number of thiophene rings is 1. The molecule has 0 bridgehead atoms. The molecule has 0 spiro atoms. The van der Waals surface area contributed by atoms with Crippen LogP contribution in [0.4, 0.5) is 17.1 Å². The van der Waals surface area contributed by atoms with Gasteiger partial charge >= 0.3 is 0 Å². The summed E-state index contributed by atoms with van der Waals surface area (Å²) in [5.74, 6) is -0.0869. The molecule has 0 unspecified atom stereocenters. The van der Waals surface area contributed by atoms with Crippen LogP contribution in [0.3, 0.4) is 0 Å². The lowest BCUT2D eigenvalue weighted by Gasteiger charge is -2.04. The van der Waals surface area contributed by atoms with Crippen molar-refractivity contribution in [3.8, 4) is 0 Å². The molecule has 1 amide bonds. The second kappa shape index (κ2) is 6.98. The Morgan fingerprint density at radius 3 is 2.17 bits per heavy atom. The van der Waals surface area contributed by atoms with E-state index in [0.717, 1.165) is 27.5 Å². The molecule has 2 aromatic carbocycles. The van der Waals surface area contributed by atoms with Gasteiger partial charge in [-0.25, -0.2) is 0 Å². The van der Waals surface area contributed by atoms with E-state index in [2.05, 4.69) is 15.5 Å². The van der Waals surface area contributed by atoms with Crippen molar-refractivity contribution in [3.05, 3.63) is 76.5 Å². The van der Waals surface area contributed by atoms with E-state index in [1.165, 1.54) is 11.3 Å². The third kappa shape index (κ3) is 3.90. The van der Waals surface area contributed by atoms with Crippen LogP contribution in [0.5, 0.6) is 0 Å². The fraction of sp³-hybridized carbons (Fsp3) is 0.0556. The lowest BCUT2D eigenvalue weighted by Crippen LogP contribution is -2.10. The van der Waals surface area contributed by atoms with Crippen LogP contribution in [-0.2, 0) is 0 Å². The van der Waals surface area contributed by atoms with Gasteiger partial charge in [-0.1, -0.05) is 18.2 Å². The molecule has 0 aliphatic carbocycles. The van der Waals surface area contributed by atoms with Gasteiger partial charge in [0.05, 0.1) is 16.3 Å². The summed E-state index contributed by atoms with van der Waals surface area (Å²) >= 11 is 1.44. The zero-order valence-corrected chi connectivity index (χ0v) is 13.4.